The lowest BCUT2D eigenvalue weighted by Crippen LogP contribution is -2.26. The number of hydrogen-bond acceptors (Lipinski definition) is 5. The van der Waals surface area contributed by atoms with Crippen LogP contribution in [0.1, 0.15) is 29.2 Å². The zero-order valence-corrected chi connectivity index (χ0v) is 16.1. The summed E-state index contributed by atoms with van der Waals surface area (Å²) in [7, 11) is -0.355. The predicted octanol–water partition coefficient (Wildman–Crippen LogP) is 3.12. The van der Waals surface area contributed by atoms with E-state index >= 15 is 0 Å². The lowest BCUT2D eigenvalue weighted by Gasteiger charge is -2.22. The molecule has 26 heavy (non-hydrogen) atoms. The standard InChI is InChI=1S/C19H22N2O4S/c1-13-7-5-6-8-15(13)18-12-17(20-21(18)26(4,22)23)16-10-9-14(24-2)11-19(16)25-3/h5-11,18H,12H2,1-4H3/t18-/m0/s1. The number of rotatable bonds is 5. The van der Waals surface area contributed by atoms with Gasteiger partial charge in [0.05, 0.1) is 32.2 Å². The maximum absolute atomic E-state index is 12.3. The lowest BCUT2D eigenvalue weighted by molar-refractivity contribution is 0.374. The molecule has 2 aromatic rings. The quantitative estimate of drug-likeness (QED) is 0.806. The van der Waals surface area contributed by atoms with Gasteiger partial charge in [-0.05, 0) is 30.2 Å². The highest BCUT2D eigenvalue weighted by atomic mass is 32.2. The van der Waals surface area contributed by atoms with Crippen LogP contribution in [0.2, 0.25) is 0 Å². The summed E-state index contributed by atoms with van der Waals surface area (Å²) in [6.07, 6.45) is 1.65. The van der Waals surface area contributed by atoms with Crippen molar-refractivity contribution in [3.05, 3.63) is 59.2 Å². The summed E-state index contributed by atoms with van der Waals surface area (Å²) in [5, 5.41) is 4.43. The molecule has 0 bridgehead atoms. The molecule has 0 fully saturated rings. The van der Waals surface area contributed by atoms with E-state index in [1.54, 1.807) is 20.3 Å². The molecule has 0 amide bonds. The van der Waals surface area contributed by atoms with Gasteiger partial charge in [-0.25, -0.2) is 8.42 Å². The molecule has 0 saturated heterocycles. The van der Waals surface area contributed by atoms with E-state index in [0.29, 0.717) is 23.6 Å². The first-order valence-corrected chi connectivity index (χ1v) is 10.0. The number of benzene rings is 2. The van der Waals surface area contributed by atoms with Crippen LogP contribution in [-0.4, -0.2) is 39.0 Å². The molecule has 6 nitrogen and oxygen atoms in total. The van der Waals surface area contributed by atoms with Crippen LogP contribution >= 0.6 is 0 Å². The molecule has 0 N–H and O–H groups in total. The molecule has 0 aliphatic carbocycles. The summed E-state index contributed by atoms with van der Waals surface area (Å²) in [6.45, 7) is 1.97. The van der Waals surface area contributed by atoms with Crippen LogP contribution in [0.15, 0.2) is 47.6 Å². The van der Waals surface area contributed by atoms with Crippen molar-refractivity contribution in [1.82, 2.24) is 4.41 Å². The first-order valence-electron chi connectivity index (χ1n) is 8.20. The molecule has 2 aromatic carbocycles. The van der Waals surface area contributed by atoms with E-state index in [1.807, 2.05) is 43.3 Å². The third-order valence-electron chi connectivity index (χ3n) is 4.48. The normalized spacial score (nSPS) is 17.2. The number of hydrazone groups is 1. The zero-order valence-electron chi connectivity index (χ0n) is 15.3. The third-order valence-corrected chi connectivity index (χ3v) is 5.50. The SMILES string of the molecule is COc1ccc(C2=NN(S(C)(=O)=O)[C@H](c3ccccc3C)C2)c(OC)c1. The molecule has 0 unspecified atom stereocenters. The number of methoxy groups -OCH3 is 2. The number of aryl methyl sites for hydroxylation is 1. The minimum atomic E-state index is -3.51. The molecular formula is C19H22N2O4S. The maximum atomic E-state index is 12.3. The summed E-state index contributed by atoms with van der Waals surface area (Å²) in [5.41, 5.74) is 3.41. The number of ether oxygens (including phenoxy) is 2. The Morgan fingerprint density at radius 3 is 2.46 bits per heavy atom. The second-order valence-corrected chi connectivity index (χ2v) is 8.07. The average Bonchev–Trinajstić information content (AvgIpc) is 3.06. The van der Waals surface area contributed by atoms with Crippen molar-refractivity contribution in [2.24, 2.45) is 5.10 Å². The van der Waals surface area contributed by atoms with Crippen molar-refractivity contribution in [2.45, 2.75) is 19.4 Å². The fourth-order valence-electron chi connectivity index (χ4n) is 3.19. The number of nitrogens with zero attached hydrogens (tertiary/aromatic N) is 2. The summed E-state index contributed by atoms with van der Waals surface area (Å²) >= 11 is 0. The Balaban J connectivity index is 2.07. The van der Waals surface area contributed by atoms with E-state index in [2.05, 4.69) is 5.10 Å². The van der Waals surface area contributed by atoms with Crippen molar-refractivity contribution in [3.8, 4) is 11.5 Å². The van der Waals surface area contributed by atoms with E-state index < -0.39 is 10.0 Å². The average molecular weight is 374 g/mol. The van der Waals surface area contributed by atoms with E-state index in [1.165, 1.54) is 10.7 Å². The van der Waals surface area contributed by atoms with Crippen molar-refractivity contribution in [2.75, 3.05) is 20.5 Å². The minimum Gasteiger partial charge on any atom is -0.497 e. The van der Waals surface area contributed by atoms with Crippen LogP contribution in [0.3, 0.4) is 0 Å². The van der Waals surface area contributed by atoms with Gasteiger partial charge in [0.25, 0.3) is 0 Å². The molecule has 7 heteroatoms. The Hall–Kier alpha value is -2.54. The summed E-state index contributed by atoms with van der Waals surface area (Å²) < 4.78 is 36.5. The second kappa shape index (κ2) is 6.99. The van der Waals surface area contributed by atoms with Crippen LogP contribution in [0.4, 0.5) is 0 Å². The van der Waals surface area contributed by atoms with Gasteiger partial charge >= 0.3 is 0 Å². The van der Waals surface area contributed by atoms with E-state index in [-0.39, 0.29) is 6.04 Å². The second-order valence-electron chi connectivity index (χ2n) is 6.22. The van der Waals surface area contributed by atoms with Gasteiger partial charge in [0, 0.05) is 18.1 Å². The molecule has 138 valence electrons. The van der Waals surface area contributed by atoms with Gasteiger partial charge in [0.1, 0.15) is 11.5 Å². The first-order chi connectivity index (χ1) is 12.3. The molecule has 0 saturated carbocycles. The van der Waals surface area contributed by atoms with Gasteiger partial charge in [-0.3, -0.25) is 0 Å². The van der Waals surface area contributed by atoms with Gasteiger partial charge < -0.3 is 9.47 Å². The predicted molar refractivity (Wildman–Crippen MR) is 101 cm³/mol. The highest BCUT2D eigenvalue weighted by Crippen LogP contribution is 2.38. The number of hydrogen-bond donors (Lipinski definition) is 0. The molecular weight excluding hydrogens is 352 g/mol. The zero-order chi connectivity index (χ0) is 18.9. The molecule has 0 aromatic heterocycles. The number of sulfonamides is 1. The van der Waals surface area contributed by atoms with Crippen LogP contribution in [0.25, 0.3) is 0 Å². The Kier molecular flexibility index (Phi) is 4.91. The molecule has 0 radical (unpaired) electrons. The fourth-order valence-corrected chi connectivity index (χ4v) is 4.08. The Labute approximate surface area is 154 Å². The van der Waals surface area contributed by atoms with E-state index in [0.717, 1.165) is 16.7 Å². The van der Waals surface area contributed by atoms with Crippen LogP contribution in [0, 0.1) is 6.92 Å². The Bertz CT molecular complexity index is 954. The summed E-state index contributed by atoms with van der Waals surface area (Å²) in [5.74, 6) is 1.27. The van der Waals surface area contributed by atoms with Gasteiger partial charge in [0.15, 0.2) is 0 Å². The van der Waals surface area contributed by atoms with Gasteiger partial charge in [-0.1, -0.05) is 24.3 Å². The van der Waals surface area contributed by atoms with Gasteiger partial charge in [0.2, 0.25) is 10.0 Å². The highest BCUT2D eigenvalue weighted by molar-refractivity contribution is 7.88. The molecule has 1 atom stereocenters. The van der Waals surface area contributed by atoms with Gasteiger partial charge in [-0.15, -0.1) is 0 Å². The monoisotopic (exact) mass is 374 g/mol. The Morgan fingerprint density at radius 2 is 1.85 bits per heavy atom. The third kappa shape index (κ3) is 3.39. The van der Waals surface area contributed by atoms with Crippen molar-refractivity contribution in [1.29, 1.82) is 0 Å². The summed E-state index contributed by atoms with van der Waals surface area (Å²) in [6, 6.07) is 12.8. The Morgan fingerprint density at radius 1 is 1.12 bits per heavy atom. The lowest BCUT2D eigenvalue weighted by atomic mass is 9.95. The van der Waals surface area contributed by atoms with E-state index in [4.69, 9.17) is 9.47 Å². The summed E-state index contributed by atoms with van der Waals surface area (Å²) in [4.78, 5) is 0. The van der Waals surface area contributed by atoms with Crippen LogP contribution < -0.4 is 9.47 Å². The van der Waals surface area contributed by atoms with Gasteiger partial charge in [-0.2, -0.15) is 9.52 Å². The maximum Gasteiger partial charge on any atom is 0.247 e. The molecule has 1 aliphatic rings. The smallest absolute Gasteiger partial charge is 0.247 e. The fraction of sp³-hybridized carbons (Fsp3) is 0.316. The minimum absolute atomic E-state index is 0.368. The first kappa shape index (κ1) is 18.3. The van der Waals surface area contributed by atoms with Crippen LogP contribution in [0.5, 0.6) is 11.5 Å². The molecule has 3 rings (SSSR count). The molecule has 1 aliphatic heterocycles. The molecule has 1 heterocycles. The van der Waals surface area contributed by atoms with Crippen molar-refractivity contribution >= 4 is 15.7 Å². The largest absolute Gasteiger partial charge is 0.497 e. The highest BCUT2D eigenvalue weighted by Gasteiger charge is 2.35. The van der Waals surface area contributed by atoms with Crippen molar-refractivity contribution < 1.29 is 17.9 Å². The van der Waals surface area contributed by atoms with E-state index in [9.17, 15) is 8.42 Å². The van der Waals surface area contributed by atoms with Crippen LogP contribution in [-0.2, 0) is 10.0 Å². The topological polar surface area (TPSA) is 68.2 Å². The van der Waals surface area contributed by atoms with Crippen molar-refractivity contribution in [3.63, 3.8) is 0 Å². The molecule has 0 spiro atoms.